The Morgan fingerprint density at radius 3 is 2.95 bits per heavy atom. The molecule has 0 aromatic carbocycles. The third-order valence-electron chi connectivity index (χ3n) is 4.46. The molecule has 1 N–H and O–H groups in total. The van der Waals surface area contributed by atoms with Gasteiger partial charge in [-0.25, -0.2) is 0 Å². The van der Waals surface area contributed by atoms with Crippen LogP contribution in [0.2, 0.25) is 0 Å². The number of hydrogen-bond acceptors (Lipinski definition) is 4. The minimum atomic E-state index is 0.343. The summed E-state index contributed by atoms with van der Waals surface area (Å²) in [6.45, 7) is 8.53. The van der Waals surface area contributed by atoms with E-state index in [1.165, 1.54) is 12.8 Å². The minimum Gasteiger partial charge on any atom is -0.377 e. The summed E-state index contributed by atoms with van der Waals surface area (Å²) in [5, 5.41) is 7.77. The molecule has 4 nitrogen and oxygen atoms in total. The van der Waals surface area contributed by atoms with Crippen molar-refractivity contribution in [1.82, 2.24) is 10.5 Å². The normalized spacial score (nSPS) is 25.3. The number of nitrogens with one attached hydrogen (secondary N) is 1. The zero-order valence-corrected chi connectivity index (χ0v) is 12.5. The van der Waals surface area contributed by atoms with E-state index in [4.69, 9.17) is 9.26 Å². The molecule has 0 amide bonds. The number of nitrogens with zero attached hydrogens (tertiary/aromatic N) is 1. The van der Waals surface area contributed by atoms with Crippen molar-refractivity contribution in [2.45, 2.75) is 52.7 Å². The van der Waals surface area contributed by atoms with Crippen LogP contribution in [0.15, 0.2) is 10.6 Å². The van der Waals surface area contributed by atoms with Crippen molar-refractivity contribution in [2.24, 2.45) is 11.3 Å². The molecule has 0 aliphatic heterocycles. The van der Waals surface area contributed by atoms with Crippen LogP contribution in [0.1, 0.15) is 45.1 Å². The molecule has 1 aliphatic carbocycles. The summed E-state index contributed by atoms with van der Waals surface area (Å²) in [7, 11) is 1.67. The van der Waals surface area contributed by atoms with E-state index < -0.39 is 0 Å². The van der Waals surface area contributed by atoms with Gasteiger partial charge in [-0.2, -0.15) is 0 Å². The van der Waals surface area contributed by atoms with Crippen LogP contribution in [-0.2, 0) is 17.8 Å². The molecular formula is C15H26N2O2. The van der Waals surface area contributed by atoms with Crippen molar-refractivity contribution in [1.29, 1.82) is 0 Å². The molecule has 1 saturated carbocycles. The summed E-state index contributed by atoms with van der Waals surface area (Å²) in [5.74, 6) is 1.50. The number of methoxy groups -OCH3 is 1. The lowest BCUT2D eigenvalue weighted by Gasteiger charge is -2.52. The highest BCUT2D eigenvalue weighted by atomic mass is 16.5. The van der Waals surface area contributed by atoms with Gasteiger partial charge in [-0.3, -0.25) is 0 Å². The molecule has 0 saturated heterocycles. The van der Waals surface area contributed by atoms with Crippen molar-refractivity contribution in [3.8, 4) is 0 Å². The predicted octanol–water partition coefficient (Wildman–Crippen LogP) is 2.78. The van der Waals surface area contributed by atoms with Crippen molar-refractivity contribution < 1.29 is 9.26 Å². The molecule has 1 aliphatic rings. The van der Waals surface area contributed by atoms with Gasteiger partial charge in [0.2, 0.25) is 0 Å². The lowest BCUT2D eigenvalue weighted by molar-refractivity contribution is 0.0138. The zero-order chi connectivity index (χ0) is 13.9. The van der Waals surface area contributed by atoms with Gasteiger partial charge in [-0.05, 0) is 37.1 Å². The largest absolute Gasteiger partial charge is 0.377 e. The minimum absolute atomic E-state index is 0.343. The van der Waals surface area contributed by atoms with Crippen LogP contribution < -0.4 is 5.32 Å². The Labute approximate surface area is 115 Å². The fourth-order valence-corrected chi connectivity index (χ4v) is 2.94. The highest BCUT2D eigenvalue weighted by Gasteiger charge is 2.47. The zero-order valence-electron chi connectivity index (χ0n) is 12.5. The molecule has 2 rings (SSSR count). The average molecular weight is 266 g/mol. The molecule has 1 aromatic heterocycles. The van der Waals surface area contributed by atoms with Gasteiger partial charge in [0.05, 0.1) is 5.69 Å². The monoisotopic (exact) mass is 266 g/mol. The third kappa shape index (κ3) is 3.18. The first-order valence-corrected chi connectivity index (χ1v) is 7.24. The van der Waals surface area contributed by atoms with E-state index >= 15 is 0 Å². The Morgan fingerprint density at radius 2 is 2.32 bits per heavy atom. The Morgan fingerprint density at radius 1 is 1.53 bits per heavy atom. The number of rotatable bonds is 7. The van der Waals surface area contributed by atoms with E-state index in [1.54, 1.807) is 7.11 Å². The summed E-state index contributed by atoms with van der Waals surface area (Å²) < 4.78 is 10.3. The van der Waals surface area contributed by atoms with Crippen LogP contribution in [0.25, 0.3) is 0 Å². The molecule has 19 heavy (non-hydrogen) atoms. The molecule has 2 atom stereocenters. The topological polar surface area (TPSA) is 47.3 Å². The Bertz CT molecular complexity index is 401. The van der Waals surface area contributed by atoms with Gasteiger partial charge in [-0.1, -0.05) is 25.9 Å². The fraction of sp³-hybridized carbons (Fsp3) is 0.800. The lowest BCUT2D eigenvalue weighted by Crippen LogP contribution is -2.57. The summed E-state index contributed by atoms with van der Waals surface area (Å²) in [6, 6.07) is 2.66. The van der Waals surface area contributed by atoms with Crippen LogP contribution in [0.5, 0.6) is 0 Å². The molecular weight excluding hydrogens is 240 g/mol. The second-order valence-electron chi connectivity index (χ2n) is 6.18. The predicted molar refractivity (Wildman–Crippen MR) is 74.9 cm³/mol. The Hall–Kier alpha value is -0.870. The maximum atomic E-state index is 5.24. The Kier molecular flexibility index (Phi) is 4.63. The highest BCUT2D eigenvalue weighted by molar-refractivity contribution is 5.10. The van der Waals surface area contributed by atoms with Crippen molar-refractivity contribution in [3.05, 3.63) is 17.5 Å². The first kappa shape index (κ1) is 14.5. The van der Waals surface area contributed by atoms with Crippen molar-refractivity contribution >= 4 is 0 Å². The average Bonchev–Trinajstić information content (AvgIpc) is 2.81. The van der Waals surface area contributed by atoms with Gasteiger partial charge in [0.1, 0.15) is 6.61 Å². The van der Waals surface area contributed by atoms with Gasteiger partial charge >= 0.3 is 0 Å². The summed E-state index contributed by atoms with van der Waals surface area (Å²) in [5.41, 5.74) is 1.40. The quantitative estimate of drug-likeness (QED) is 0.824. The third-order valence-corrected chi connectivity index (χ3v) is 4.46. The molecule has 0 radical (unpaired) electrons. The van der Waals surface area contributed by atoms with Gasteiger partial charge in [0.15, 0.2) is 5.76 Å². The SMILES string of the molecule is CCCN[C@H]1C[C@@H](Cc2cc(COC)on2)C1(C)C. The smallest absolute Gasteiger partial charge is 0.162 e. The summed E-state index contributed by atoms with van der Waals surface area (Å²) >= 11 is 0. The van der Waals surface area contributed by atoms with Crippen LogP contribution in [0.3, 0.4) is 0 Å². The maximum Gasteiger partial charge on any atom is 0.162 e. The van der Waals surface area contributed by atoms with Crippen LogP contribution in [-0.4, -0.2) is 24.9 Å². The maximum absolute atomic E-state index is 5.24. The lowest BCUT2D eigenvalue weighted by atomic mass is 9.57. The molecule has 0 spiro atoms. The molecule has 108 valence electrons. The summed E-state index contributed by atoms with van der Waals surface area (Å²) in [4.78, 5) is 0. The molecule has 1 heterocycles. The Balaban J connectivity index is 1.86. The first-order valence-electron chi connectivity index (χ1n) is 7.24. The van der Waals surface area contributed by atoms with Crippen LogP contribution in [0, 0.1) is 11.3 Å². The number of ether oxygens (including phenoxy) is 1. The van der Waals surface area contributed by atoms with Crippen molar-refractivity contribution in [3.63, 3.8) is 0 Å². The highest BCUT2D eigenvalue weighted by Crippen LogP contribution is 2.47. The van der Waals surface area contributed by atoms with E-state index in [-0.39, 0.29) is 0 Å². The molecule has 0 unspecified atom stereocenters. The molecule has 1 fully saturated rings. The van der Waals surface area contributed by atoms with Gasteiger partial charge in [0, 0.05) is 19.2 Å². The van der Waals surface area contributed by atoms with Crippen molar-refractivity contribution in [2.75, 3.05) is 13.7 Å². The van der Waals surface area contributed by atoms with Crippen LogP contribution in [0.4, 0.5) is 0 Å². The van der Waals surface area contributed by atoms with E-state index in [0.717, 1.165) is 24.4 Å². The van der Waals surface area contributed by atoms with E-state index in [9.17, 15) is 0 Å². The van der Waals surface area contributed by atoms with E-state index in [2.05, 4.69) is 31.2 Å². The van der Waals surface area contributed by atoms with Gasteiger partial charge < -0.3 is 14.6 Å². The molecule has 0 bridgehead atoms. The second kappa shape index (κ2) is 6.06. The molecule has 4 heteroatoms. The number of hydrogen-bond donors (Lipinski definition) is 1. The van der Waals surface area contributed by atoms with Crippen LogP contribution >= 0.6 is 0 Å². The van der Waals surface area contributed by atoms with Gasteiger partial charge in [-0.15, -0.1) is 0 Å². The number of aromatic nitrogens is 1. The molecule has 1 aromatic rings. The van der Waals surface area contributed by atoms with E-state index in [1.807, 2.05) is 6.07 Å². The second-order valence-corrected chi connectivity index (χ2v) is 6.18. The van der Waals surface area contributed by atoms with Gasteiger partial charge in [0.25, 0.3) is 0 Å². The van der Waals surface area contributed by atoms with E-state index in [0.29, 0.717) is 24.0 Å². The standard InChI is InChI=1S/C15H26N2O2/c1-5-6-16-14-8-11(15(14,2)3)7-12-9-13(10-18-4)19-17-12/h9,11,14,16H,5-8,10H2,1-4H3/t11-,14+/m1/s1. The summed E-state index contributed by atoms with van der Waals surface area (Å²) in [6.07, 6.45) is 3.44. The fourth-order valence-electron chi connectivity index (χ4n) is 2.94. The first-order chi connectivity index (χ1) is 9.07.